The zero-order valence-corrected chi connectivity index (χ0v) is 10.5. The van der Waals surface area contributed by atoms with Crippen molar-refractivity contribution in [2.75, 3.05) is 0 Å². The minimum atomic E-state index is -4.51. The molecule has 1 atom stereocenters. The smallest absolute Gasteiger partial charge is 0.347 e. The van der Waals surface area contributed by atoms with Gasteiger partial charge in [-0.1, -0.05) is 0 Å². The first-order chi connectivity index (χ1) is 9.36. The molecule has 0 spiro atoms. The summed E-state index contributed by atoms with van der Waals surface area (Å²) in [6.07, 6.45) is -0.245. The van der Waals surface area contributed by atoms with Crippen molar-refractivity contribution in [1.29, 1.82) is 0 Å². The van der Waals surface area contributed by atoms with Crippen molar-refractivity contribution in [2.24, 2.45) is 0 Å². The van der Waals surface area contributed by atoms with E-state index in [1.54, 1.807) is 19.3 Å². The van der Waals surface area contributed by atoms with Crippen LogP contribution in [-0.2, 0) is 17.5 Å². The Bertz CT molecular complexity index is 575. The Balaban J connectivity index is 1.93. The molecule has 0 fully saturated rings. The highest BCUT2D eigenvalue weighted by Gasteiger charge is 2.33. The van der Waals surface area contributed by atoms with Crippen LogP contribution in [0.3, 0.4) is 0 Å². The van der Waals surface area contributed by atoms with Crippen LogP contribution >= 0.6 is 0 Å². The van der Waals surface area contributed by atoms with Gasteiger partial charge in [0.1, 0.15) is 12.4 Å². The molecule has 2 aromatic rings. The highest BCUT2D eigenvalue weighted by molar-refractivity contribution is 5.75. The van der Waals surface area contributed by atoms with Gasteiger partial charge >= 0.3 is 6.18 Å². The minimum absolute atomic E-state index is 0.291. The summed E-state index contributed by atoms with van der Waals surface area (Å²) in [5.41, 5.74) is -1.02. The summed E-state index contributed by atoms with van der Waals surface area (Å²) >= 11 is 0. The number of aromatic amines is 1. The molecule has 0 saturated carbocycles. The summed E-state index contributed by atoms with van der Waals surface area (Å²) in [5, 5.41) is 5.90. The van der Waals surface area contributed by atoms with Gasteiger partial charge in [0.05, 0.1) is 6.04 Å². The molecule has 2 N–H and O–H groups in total. The summed E-state index contributed by atoms with van der Waals surface area (Å²) in [6, 6.07) is 0.457. The quantitative estimate of drug-likeness (QED) is 0.894. The molecule has 0 saturated heterocycles. The normalized spacial score (nSPS) is 13.2. The van der Waals surface area contributed by atoms with Crippen molar-refractivity contribution in [2.45, 2.75) is 25.7 Å². The molecular formula is C11H12F3N5O. The van der Waals surface area contributed by atoms with E-state index in [0.717, 1.165) is 16.9 Å². The average molecular weight is 287 g/mol. The van der Waals surface area contributed by atoms with Crippen LogP contribution in [0.1, 0.15) is 24.5 Å². The Morgan fingerprint density at radius 2 is 2.30 bits per heavy atom. The van der Waals surface area contributed by atoms with Crippen LogP contribution in [0, 0.1) is 0 Å². The van der Waals surface area contributed by atoms with Crippen LogP contribution in [-0.4, -0.2) is 25.7 Å². The van der Waals surface area contributed by atoms with E-state index in [9.17, 15) is 18.0 Å². The van der Waals surface area contributed by atoms with Crippen LogP contribution in [0.5, 0.6) is 0 Å². The second-order valence-electron chi connectivity index (χ2n) is 4.16. The number of alkyl halides is 3. The lowest BCUT2D eigenvalue weighted by Gasteiger charge is -2.11. The first kappa shape index (κ1) is 14.1. The molecule has 2 heterocycles. The number of amides is 1. The van der Waals surface area contributed by atoms with Gasteiger partial charge in [0.25, 0.3) is 0 Å². The first-order valence-electron chi connectivity index (χ1n) is 5.75. The van der Waals surface area contributed by atoms with Gasteiger partial charge in [0, 0.05) is 18.6 Å². The Morgan fingerprint density at radius 1 is 1.55 bits per heavy atom. The zero-order chi connectivity index (χ0) is 14.8. The molecule has 9 heteroatoms. The van der Waals surface area contributed by atoms with E-state index in [2.05, 4.69) is 20.4 Å². The second kappa shape index (κ2) is 5.35. The van der Waals surface area contributed by atoms with E-state index in [1.807, 2.05) is 0 Å². The van der Waals surface area contributed by atoms with Crippen LogP contribution in [0.15, 0.2) is 24.7 Å². The van der Waals surface area contributed by atoms with Gasteiger partial charge in [-0.05, 0) is 13.0 Å². The van der Waals surface area contributed by atoms with Gasteiger partial charge < -0.3 is 10.3 Å². The third kappa shape index (κ3) is 3.37. The van der Waals surface area contributed by atoms with E-state index >= 15 is 0 Å². The van der Waals surface area contributed by atoms with E-state index in [4.69, 9.17) is 0 Å². The predicted molar refractivity (Wildman–Crippen MR) is 62.4 cm³/mol. The number of imidazole rings is 1. The fraction of sp³-hybridized carbons (Fsp3) is 0.364. The van der Waals surface area contributed by atoms with Crippen molar-refractivity contribution < 1.29 is 18.0 Å². The predicted octanol–water partition coefficient (Wildman–Crippen LogP) is 1.50. The van der Waals surface area contributed by atoms with Gasteiger partial charge in [-0.15, -0.1) is 0 Å². The SMILES string of the molecule is CC(NC(=O)Cn1ccc(C(F)(F)F)n1)c1ncc[nH]1. The summed E-state index contributed by atoms with van der Waals surface area (Å²) in [6.45, 7) is 1.42. The van der Waals surface area contributed by atoms with Gasteiger partial charge in [-0.2, -0.15) is 18.3 Å². The van der Waals surface area contributed by atoms with Crippen molar-refractivity contribution in [3.05, 3.63) is 36.2 Å². The van der Waals surface area contributed by atoms with E-state index in [-0.39, 0.29) is 12.6 Å². The molecule has 0 bridgehead atoms. The fourth-order valence-corrected chi connectivity index (χ4v) is 1.62. The van der Waals surface area contributed by atoms with Crippen molar-refractivity contribution >= 4 is 5.91 Å². The summed E-state index contributed by atoms with van der Waals surface area (Å²) in [5.74, 6) is 0.112. The average Bonchev–Trinajstić information content (AvgIpc) is 2.97. The Labute approximate surface area is 112 Å². The Kier molecular flexibility index (Phi) is 3.77. The fourth-order valence-electron chi connectivity index (χ4n) is 1.62. The number of rotatable bonds is 4. The molecule has 20 heavy (non-hydrogen) atoms. The molecule has 0 radical (unpaired) electrons. The maximum atomic E-state index is 12.3. The number of carbonyl (C=O) groups excluding carboxylic acids is 1. The largest absolute Gasteiger partial charge is 0.435 e. The lowest BCUT2D eigenvalue weighted by molar-refractivity contribution is -0.141. The number of aromatic nitrogens is 4. The first-order valence-corrected chi connectivity index (χ1v) is 5.75. The van der Waals surface area contributed by atoms with Crippen LogP contribution in [0.25, 0.3) is 0 Å². The van der Waals surface area contributed by atoms with Gasteiger partial charge in [0.15, 0.2) is 5.69 Å². The number of halogens is 3. The van der Waals surface area contributed by atoms with E-state index < -0.39 is 17.8 Å². The lowest BCUT2D eigenvalue weighted by Crippen LogP contribution is -2.30. The van der Waals surface area contributed by atoms with Crippen LogP contribution in [0.4, 0.5) is 13.2 Å². The van der Waals surface area contributed by atoms with Gasteiger partial charge in [-0.25, -0.2) is 4.98 Å². The van der Waals surface area contributed by atoms with Gasteiger partial charge in [0.2, 0.25) is 5.91 Å². The lowest BCUT2D eigenvalue weighted by atomic mass is 10.3. The number of nitrogens with zero attached hydrogens (tertiary/aromatic N) is 3. The van der Waals surface area contributed by atoms with E-state index in [0.29, 0.717) is 5.82 Å². The molecule has 0 aliphatic carbocycles. The minimum Gasteiger partial charge on any atom is -0.347 e. The maximum Gasteiger partial charge on any atom is 0.435 e. The third-order valence-electron chi connectivity index (χ3n) is 2.54. The van der Waals surface area contributed by atoms with Gasteiger partial charge in [-0.3, -0.25) is 9.48 Å². The number of hydrogen-bond donors (Lipinski definition) is 2. The molecule has 0 aliphatic rings. The molecule has 108 valence electrons. The summed E-state index contributed by atoms with van der Waals surface area (Å²) in [4.78, 5) is 18.5. The van der Waals surface area contributed by atoms with E-state index in [1.165, 1.54) is 0 Å². The molecule has 1 unspecified atom stereocenters. The molecule has 1 amide bonds. The standard InChI is InChI=1S/C11H12F3N5O/c1-7(10-15-3-4-16-10)17-9(20)6-19-5-2-8(18-19)11(12,13)14/h2-5,7H,6H2,1H3,(H,15,16)(H,17,20). The molecule has 2 aromatic heterocycles. The summed E-state index contributed by atoms with van der Waals surface area (Å²) < 4.78 is 38.0. The summed E-state index contributed by atoms with van der Waals surface area (Å²) in [7, 11) is 0. The molecule has 0 aliphatic heterocycles. The number of nitrogens with one attached hydrogen (secondary N) is 2. The monoisotopic (exact) mass is 287 g/mol. The number of H-pyrrole nitrogens is 1. The molecule has 0 aromatic carbocycles. The van der Waals surface area contributed by atoms with Crippen LogP contribution < -0.4 is 5.32 Å². The van der Waals surface area contributed by atoms with Crippen LogP contribution in [0.2, 0.25) is 0 Å². The molecule has 2 rings (SSSR count). The third-order valence-corrected chi connectivity index (χ3v) is 2.54. The van der Waals surface area contributed by atoms with Crippen molar-refractivity contribution in [3.63, 3.8) is 0 Å². The van der Waals surface area contributed by atoms with Crippen molar-refractivity contribution in [3.8, 4) is 0 Å². The topological polar surface area (TPSA) is 75.6 Å². The Hall–Kier alpha value is -2.32. The maximum absolute atomic E-state index is 12.3. The number of carbonyl (C=O) groups is 1. The highest BCUT2D eigenvalue weighted by atomic mass is 19.4. The molecular weight excluding hydrogens is 275 g/mol. The second-order valence-corrected chi connectivity index (χ2v) is 4.16. The highest BCUT2D eigenvalue weighted by Crippen LogP contribution is 2.27. The number of hydrogen-bond acceptors (Lipinski definition) is 3. The Morgan fingerprint density at radius 3 is 2.85 bits per heavy atom. The zero-order valence-electron chi connectivity index (χ0n) is 10.5. The van der Waals surface area contributed by atoms with Crippen molar-refractivity contribution in [1.82, 2.24) is 25.1 Å². The molecule has 6 nitrogen and oxygen atoms in total.